The highest BCUT2D eigenvalue weighted by atomic mass is 79.9. The highest BCUT2D eigenvalue weighted by molar-refractivity contribution is 9.10. The maximum absolute atomic E-state index is 10.3. The lowest BCUT2D eigenvalue weighted by Gasteiger charge is -2.12. The molecule has 0 saturated heterocycles. The zero-order chi connectivity index (χ0) is 13.7. The van der Waals surface area contributed by atoms with Crippen LogP contribution in [0, 0.1) is 0 Å². The highest BCUT2D eigenvalue weighted by Gasteiger charge is 2.09. The van der Waals surface area contributed by atoms with E-state index in [4.69, 9.17) is 0 Å². The number of unbranched alkanes of at least 4 members (excludes halogenated alkanes) is 1. The number of benzene rings is 2. The van der Waals surface area contributed by atoms with Gasteiger partial charge in [-0.25, -0.2) is 0 Å². The zero-order valence-electron chi connectivity index (χ0n) is 11.1. The van der Waals surface area contributed by atoms with E-state index in [9.17, 15) is 5.11 Å². The second-order valence-electron chi connectivity index (χ2n) is 4.80. The lowest BCUT2D eigenvalue weighted by Crippen LogP contribution is -1.99. The molecule has 0 bridgehead atoms. The van der Waals surface area contributed by atoms with Gasteiger partial charge >= 0.3 is 0 Å². The number of hydrogen-bond donors (Lipinski definition) is 1. The molecule has 0 aliphatic heterocycles. The molecule has 2 heteroatoms. The smallest absolute Gasteiger partial charge is 0.104 e. The lowest BCUT2D eigenvalue weighted by atomic mass is 9.99. The minimum atomic E-state index is -0.548. The maximum Gasteiger partial charge on any atom is 0.104 e. The molecule has 0 unspecified atom stereocenters. The molecule has 0 aromatic heterocycles. The molecular weight excluding hydrogens is 300 g/mol. The van der Waals surface area contributed by atoms with Crippen molar-refractivity contribution in [3.8, 4) is 0 Å². The SMILES string of the molecule is CCCCc1ccc([C@H](O)c2ccc(Br)cc2)cc1. The van der Waals surface area contributed by atoms with E-state index >= 15 is 0 Å². The monoisotopic (exact) mass is 318 g/mol. The van der Waals surface area contributed by atoms with E-state index in [-0.39, 0.29) is 0 Å². The summed E-state index contributed by atoms with van der Waals surface area (Å²) in [5, 5.41) is 10.3. The van der Waals surface area contributed by atoms with Gasteiger partial charge < -0.3 is 5.11 Å². The summed E-state index contributed by atoms with van der Waals surface area (Å²) in [6.07, 6.45) is 3.00. The Morgan fingerprint density at radius 2 is 1.47 bits per heavy atom. The lowest BCUT2D eigenvalue weighted by molar-refractivity contribution is 0.220. The summed E-state index contributed by atoms with van der Waals surface area (Å²) in [5.41, 5.74) is 3.21. The van der Waals surface area contributed by atoms with Gasteiger partial charge in [0.25, 0.3) is 0 Å². The predicted octanol–water partition coefficient (Wildman–Crippen LogP) is 4.87. The van der Waals surface area contributed by atoms with Gasteiger partial charge in [-0.15, -0.1) is 0 Å². The fourth-order valence-electron chi connectivity index (χ4n) is 2.09. The second kappa shape index (κ2) is 6.88. The zero-order valence-corrected chi connectivity index (χ0v) is 12.7. The van der Waals surface area contributed by atoms with Crippen molar-refractivity contribution >= 4 is 15.9 Å². The summed E-state index contributed by atoms with van der Waals surface area (Å²) in [7, 11) is 0. The van der Waals surface area contributed by atoms with E-state index in [0.717, 1.165) is 22.0 Å². The van der Waals surface area contributed by atoms with Crippen LogP contribution in [-0.2, 0) is 6.42 Å². The molecule has 2 rings (SSSR count). The Balaban J connectivity index is 2.10. The minimum Gasteiger partial charge on any atom is -0.384 e. The Bertz CT molecular complexity index is 502. The van der Waals surface area contributed by atoms with Crippen molar-refractivity contribution in [1.29, 1.82) is 0 Å². The van der Waals surface area contributed by atoms with Crippen LogP contribution < -0.4 is 0 Å². The van der Waals surface area contributed by atoms with Crippen LogP contribution >= 0.6 is 15.9 Å². The highest BCUT2D eigenvalue weighted by Crippen LogP contribution is 2.24. The van der Waals surface area contributed by atoms with Gasteiger partial charge in [0, 0.05) is 4.47 Å². The van der Waals surface area contributed by atoms with Crippen molar-refractivity contribution in [2.75, 3.05) is 0 Å². The molecule has 0 aliphatic carbocycles. The maximum atomic E-state index is 10.3. The largest absolute Gasteiger partial charge is 0.384 e. The van der Waals surface area contributed by atoms with Crippen LogP contribution in [0.3, 0.4) is 0 Å². The number of aliphatic hydroxyl groups excluding tert-OH is 1. The Morgan fingerprint density at radius 3 is 2.00 bits per heavy atom. The van der Waals surface area contributed by atoms with E-state index in [0.29, 0.717) is 0 Å². The summed E-state index contributed by atoms with van der Waals surface area (Å²) in [6, 6.07) is 16.1. The van der Waals surface area contributed by atoms with Crippen LogP contribution in [0.2, 0.25) is 0 Å². The number of aliphatic hydroxyl groups is 1. The van der Waals surface area contributed by atoms with Crippen LogP contribution in [0.4, 0.5) is 0 Å². The summed E-state index contributed by atoms with van der Waals surface area (Å²) >= 11 is 3.40. The van der Waals surface area contributed by atoms with Crippen molar-refractivity contribution in [2.45, 2.75) is 32.3 Å². The molecule has 0 spiro atoms. The summed E-state index contributed by atoms with van der Waals surface area (Å²) in [4.78, 5) is 0. The topological polar surface area (TPSA) is 20.2 Å². The van der Waals surface area contributed by atoms with Gasteiger partial charge in [-0.1, -0.05) is 65.7 Å². The van der Waals surface area contributed by atoms with Crippen LogP contribution in [-0.4, -0.2) is 5.11 Å². The quantitative estimate of drug-likeness (QED) is 0.833. The Morgan fingerprint density at radius 1 is 0.947 bits per heavy atom. The van der Waals surface area contributed by atoms with Gasteiger partial charge in [0.1, 0.15) is 6.10 Å². The molecule has 1 N–H and O–H groups in total. The first-order chi connectivity index (χ1) is 9.20. The third-order valence-electron chi connectivity index (χ3n) is 3.30. The van der Waals surface area contributed by atoms with Gasteiger partial charge in [-0.3, -0.25) is 0 Å². The summed E-state index contributed by atoms with van der Waals surface area (Å²) in [5.74, 6) is 0. The fourth-order valence-corrected chi connectivity index (χ4v) is 2.35. The standard InChI is InChI=1S/C17H19BrO/c1-2-3-4-13-5-7-14(8-6-13)17(19)15-9-11-16(18)12-10-15/h5-12,17,19H,2-4H2,1H3/t17-/m0/s1. The van der Waals surface area contributed by atoms with Gasteiger partial charge in [0.15, 0.2) is 0 Å². The Labute approximate surface area is 123 Å². The molecule has 1 nitrogen and oxygen atoms in total. The third kappa shape index (κ3) is 3.92. The van der Waals surface area contributed by atoms with Crippen molar-refractivity contribution in [3.63, 3.8) is 0 Å². The third-order valence-corrected chi connectivity index (χ3v) is 3.83. The molecule has 0 aliphatic rings. The molecule has 19 heavy (non-hydrogen) atoms. The van der Waals surface area contributed by atoms with Crippen molar-refractivity contribution in [3.05, 3.63) is 69.7 Å². The van der Waals surface area contributed by atoms with E-state index in [2.05, 4.69) is 35.0 Å². The van der Waals surface area contributed by atoms with Gasteiger partial charge in [-0.05, 0) is 41.7 Å². The number of aryl methyl sites for hydroxylation is 1. The fraction of sp³-hybridized carbons (Fsp3) is 0.294. The molecule has 0 heterocycles. The van der Waals surface area contributed by atoms with Crippen LogP contribution in [0.5, 0.6) is 0 Å². The first kappa shape index (κ1) is 14.3. The van der Waals surface area contributed by atoms with Crippen LogP contribution in [0.1, 0.15) is 42.6 Å². The Hall–Kier alpha value is -1.12. The number of rotatable bonds is 5. The molecule has 100 valence electrons. The minimum absolute atomic E-state index is 0.548. The van der Waals surface area contributed by atoms with Crippen molar-refractivity contribution in [2.24, 2.45) is 0 Å². The van der Waals surface area contributed by atoms with Crippen LogP contribution in [0.25, 0.3) is 0 Å². The van der Waals surface area contributed by atoms with E-state index < -0.39 is 6.10 Å². The van der Waals surface area contributed by atoms with Crippen molar-refractivity contribution < 1.29 is 5.11 Å². The molecule has 1 atom stereocenters. The summed E-state index contributed by atoms with van der Waals surface area (Å²) < 4.78 is 1.03. The van der Waals surface area contributed by atoms with E-state index in [1.807, 2.05) is 36.4 Å². The molecule has 0 radical (unpaired) electrons. The predicted molar refractivity (Wildman–Crippen MR) is 83.3 cm³/mol. The first-order valence-corrected chi connectivity index (χ1v) is 7.52. The molecule has 2 aromatic rings. The second-order valence-corrected chi connectivity index (χ2v) is 5.71. The normalized spacial score (nSPS) is 12.4. The average molecular weight is 319 g/mol. The van der Waals surface area contributed by atoms with Gasteiger partial charge in [-0.2, -0.15) is 0 Å². The molecule has 0 fully saturated rings. The van der Waals surface area contributed by atoms with Gasteiger partial charge in [0.05, 0.1) is 0 Å². The molecule has 0 saturated carbocycles. The number of halogens is 1. The van der Waals surface area contributed by atoms with Crippen molar-refractivity contribution in [1.82, 2.24) is 0 Å². The van der Waals surface area contributed by atoms with Gasteiger partial charge in [0.2, 0.25) is 0 Å². The Kier molecular flexibility index (Phi) is 5.17. The average Bonchev–Trinajstić information content (AvgIpc) is 2.46. The molecule has 0 amide bonds. The first-order valence-electron chi connectivity index (χ1n) is 6.73. The molecular formula is C17H19BrO. The molecule has 2 aromatic carbocycles. The summed E-state index contributed by atoms with van der Waals surface area (Å²) in [6.45, 7) is 2.20. The van der Waals surface area contributed by atoms with E-state index in [1.54, 1.807) is 0 Å². The number of hydrogen-bond acceptors (Lipinski definition) is 1. The van der Waals surface area contributed by atoms with Crippen LogP contribution in [0.15, 0.2) is 53.0 Å². The van der Waals surface area contributed by atoms with E-state index in [1.165, 1.54) is 18.4 Å².